The molecule has 0 spiro atoms. The first-order chi connectivity index (χ1) is 8.06. The highest BCUT2D eigenvalue weighted by Gasteiger charge is 2.15. The van der Waals surface area contributed by atoms with Gasteiger partial charge in [-0.3, -0.25) is 9.48 Å². The van der Waals surface area contributed by atoms with Crippen molar-refractivity contribution < 1.29 is 10.0 Å². The number of rotatable bonds is 5. The first kappa shape index (κ1) is 12.9. The van der Waals surface area contributed by atoms with Crippen molar-refractivity contribution in [2.75, 3.05) is 0 Å². The third kappa shape index (κ3) is 3.74. The monoisotopic (exact) mass is 240 g/mol. The van der Waals surface area contributed by atoms with Gasteiger partial charge in [-0.15, -0.1) is 5.10 Å². The second-order valence-corrected chi connectivity index (χ2v) is 3.65. The zero-order valence-corrected chi connectivity index (χ0v) is 9.79. The number of amides is 1. The minimum absolute atomic E-state index is 0.0799. The summed E-state index contributed by atoms with van der Waals surface area (Å²) in [7, 11) is 1.68. The number of aromatic nitrogens is 3. The predicted octanol–water partition coefficient (Wildman–Crippen LogP) is -0.540. The average Bonchev–Trinajstić information content (AvgIpc) is 2.74. The minimum Gasteiger partial charge on any atom is -0.409 e. The summed E-state index contributed by atoms with van der Waals surface area (Å²) in [5.41, 5.74) is 5.63. The van der Waals surface area contributed by atoms with Crippen molar-refractivity contribution in [2.24, 2.45) is 17.9 Å². The average molecular weight is 240 g/mol. The van der Waals surface area contributed by atoms with Gasteiger partial charge in [-0.25, -0.2) is 0 Å². The lowest BCUT2D eigenvalue weighted by Gasteiger charge is -2.14. The van der Waals surface area contributed by atoms with Gasteiger partial charge in [-0.2, -0.15) is 0 Å². The molecule has 0 radical (unpaired) electrons. The number of nitrogens with two attached hydrogens (primary N) is 1. The van der Waals surface area contributed by atoms with Crippen molar-refractivity contribution in [3.05, 3.63) is 11.9 Å². The summed E-state index contributed by atoms with van der Waals surface area (Å²) in [5.74, 6) is -0.244. The first-order valence-electron chi connectivity index (χ1n) is 5.20. The molecule has 1 aromatic heterocycles. The van der Waals surface area contributed by atoms with Crippen LogP contribution in [-0.4, -0.2) is 38.0 Å². The van der Waals surface area contributed by atoms with Gasteiger partial charge >= 0.3 is 0 Å². The van der Waals surface area contributed by atoms with Crippen LogP contribution in [0.4, 0.5) is 0 Å². The van der Waals surface area contributed by atoms with Crippen LogP contribution in [0.25, 0.3) is 0 Å². The number of carbonyl (C=O) groups is 1. The number of aryl methyl sites for hydroxylation is 1. The molecule has 0 bridgehead atoms. The Kier molecular flexibility index (Phi) is 4.44. The summed E-state index contributed by atoms with van der Waals surface area (Å²) < 4.78 is 1.44. The summed E-state index contributed by atoms with van der Waals surface area (Å²) in [4.78, 5) is 11.7. The molecule has 4 N–H and O–H groups in total. The number of carbonyl (C=O) groups excluding carboxylic acids is 1. The smallest absolute Gasteiger partial charge is 0.273 e. The Balaban J connectivity index is 2.59. The normalized spacial score (nSPS) is 13.4. The molecule has 0 saturated heterocycles. The topological polar surface area (TPSA) is 118 Å². The molecule has 1 aromatic rings. The highest BCUT2D eigenvalue weighted by molar-refractivity contribution is 5.92. The first-order valence-corrected chi connectivity index (χ1v) is 5.20. The van der Waals surface area contributed by atoms with E-state index < -0.39 is 0 Å². The Bertz CT molecular complexity index is 413. The van der Waals surface area contributed by atoms with E-state index in [0.717, 1.165) is 0 Å². The molecule has 0 saturated carbocycles. The Morgan fingerprint density at radius 2 is 2.47 bits per heavy atom. The third-order valence-electron chi connectivity index (χ3n) is 2.25. The van der Waals surface area contributed by atoms with Crippen LogP contribution in [0.15, 0.2) is 11.4 Å². The highest BCUT2D eigenvalue weighted by Crippen LogP contribution is 2.00. The maximum absolute atomic E-state index is 11.7. The number of hydrogen-bond donors (Lipinski definition) is 3. The molecule has 94 valence electrons. The molecular weight excluding hydrogens is 224 g/mol. The molecule has 0 aliphatic carbocycles. The molecule has 1 heterocycles. The Morgan fingerprint density at radius 3 is 2.94 bits per heavy atom. The fourth-order valence-corrected chi connectivity index (χ4v) is 1.30. The molecule has 0 aromatic carbocycles. The van der Waals surface area contributed by atoms with Gasteiger partial charge in [0.25, 0.3) is 5.91 Å². The van der Waals surface area contributed by atoms with Crippen molar-refractivity contribution in [3.63, 3.8) is 0 Å². The van der Waals surface area contributed by atoms with Gasteiger partial charge in [-0.1, -0.05) is 17.3 Å². The molecule has 17 heavy (non-hydrogen) atoms. The van der Waals surface area contributed by atoms with Gasteiger partial charge in [0.2, 0.25) is 0 Å². The quantitative estimate of drug-likeness (QED) is 0.276. The predicted molar refractivity (Wildman–Crippen MR) is 60.6 cm³/mol. The second kappa shape index (κ2) is 5.83. The van der Waals surface area contributed by atoms with E-state index in [4.69, 9.17) is 10.9 Å². The van der Waals surface area contributed by atoms with Crippen molar-refractivity contribution in [2.45, 2.75) is 25.8 Å². The third-order valence-corrected chi connectivity index (χ3v) is 2.25. The summed E-state index contributed by atoms with van der Waals surface area (Å²) in [6.45, 7) is 1.90. The van der Waals surface area contributed by atoms with E-state index in [1.54, 1.807) is 7.05 Å². The highest BCUT2D eigenvalue weighted by atomic mass is 16.4. The van der Waals surface area contributed by atoms with Crippen LogP contribution in [-0.2, 0) is 7.05 Å². The molecule has 1 amide bonds. The number of amidine groups is 1. The Labute approximate surface area is 98.5 Å². The Morgan fingerprint density at radius 1 is 1.76 bits per heavy atom. The van der Waals surface area contributed by atoms with Crippen LogP contribution >= 0.6 is 0 Å². The van der Waals surface area contributed by atoms with E-state index in [-0.39, 0.29) is 23.5 Å². The van der Waals surface area contributed by atoms with Crippen LogP contribution < -0.4 is 11.1 Å². The molecular formula is C9H16N6O2. The zero-order valence-electron chi connectivity index (χ0n) is 9.79. The van der Waals surface area contributed by atoms with E-state index >= 15 is 0 Å². The number of nitrogens with one attached hydrogen (secondary N) is 1. The lowest BCUT2D eigenvalue weighted by Crippen LogP contribution is -2.37. The van der Waals surface area contributed by atoms with Crippen LogP contribution in [0.5, 0.6) is 0 Å². The summed E-state index contributed by atoms with van der Waals surface area (Å²) in [5, 5.41) is 21.4. The molecule has 0 fully saturated rings. The molecule has 1 rings (SSSR count). The minimum atomic E-state index is -0.323. The molecule has 8 nitrogen and oxygen atoms in total. The SMILES string of the molecule is CCC(CC(N)=NO)NC(=O)c1cn(C)nn1. The van der Waals surface area contributed by atoms with Gasteiger partial charge < -0.3 is 16.3 Å². The maximum Gasteiger partial charge on any atom is 0.273 e. The maximum atomic E-state index is 11.7. The standard InChI is InChI=1S/C9H16N6O2/c1-3-6(4-8(10)13-17)11-9(16)7-5-15(2)14-12-7/h5-6,17H,3-4H2,1-2H3,(H2,10,13)(H,11,16). The van der Waals surface area contributed by atoms with Gasteiger partial charge in [0, 0.05) is 19.5 Å². The fraction of sp³-hybridized carbons (Fsp3) is 0.556. The van der Waals surface area contributed by atoms with E-state index in [2.05, 4.69) is 20.8 Å². The second-order valence-electron chi connectivity index (χ2n) is 3.65. The van der Waals surface area contributed by atoms with Crippen molar-refractivity contribution >= 4 is 11.7 Å². The van der Waals surface area contributed by atoms with Crippen LogP contribution in [0.3, 0.4) is 0 Å². The lowest BCUT2D eigenvalue weighted by atomic mass is 10.1. The number of oxime groups is 1. The molecule has 1 atom stereocenters. The number of nitrogens with zero attached hydrogens (tertiary/aromatic N) is 4. The van der Waals surface area contributed by atoms with Crippen molar-refractivity contribution in [1.82, 2.24) is 20.3 Å². The van der Waals surface area contributed by atoms with Crippen molar-refractivity contribution in [1.29, 1.82) is 0 Å². The van der Waals surface area contributed by atoms with Gasteiger partial charge in [0.05, 0.1) is 6.20 Å². The summed E-state index contributed by atoms with van der Waals surface area (Å²) in [6.07, 6.45) is 2.48. The van der Waals surface area contributed by atoms with Crippen LogP contribution in [0, 0.1) is 0 Å². The molecule has 1 unspecified atom stereocenters. The van der Waals surface area contributed by atoms with E-state index in [0.29, 0.717) is 12.8 Å². The number of hydrogen-bond acceptors (Lipinski definition) is 5. The fourth-order valence-electron chi connectivity index (χ4n) is 1.30. The van der Waals surface area contributed by atoms with Gasteiger partial charge in [-0.05, 0) is 6.42 Å². The molecule has 0 aliphatic rings. The van der Waals surface area contributed by atoms with E-state index in [1.165, 1.54) is 10.9 Å². The van der Waals surface area contributed by atoms with E-state index in [1.807, 2.05) is 6.92 Å². The van der Waals surface area contributed by atoms with E-state index in [9.17, 15) is 4.79 Å². The summed E-state index contributed by atoms with van der Waals surface area (Å²) >= 11 is 0. The lowest BCUT2D eigenvalue weighted by molar-refractivity contribution is 0.0931. The van der Waals surface area contributed by atoms with Crippen LogP contribution in [0.1, 0.15) is 30.3 Å². The largest absolute Gasteiger partial charge is 0.409 e. The van der Waals surface area contributed by atoms with Gasteiger partial charge in [0.1, 0.15) is 5.84 Å². The van der Waals surface area contributed by atoms with Gasteiger partial charge in [0.15, 0.2) is 5.69 Å². The molecule has 8 heteroatoms. The zero-order chi connectivity index (χ0) is 12.8. The molecule has 0 aliphatic heterocycles. The Hall–Kier alpha value is -2.12. The van der Waals surface area contributed by atoms with Crippen LogP contribution in [0.2, 0.25) is 0 Å². The van der Waals surface area contributed by atoms with Crippen molar-refractivity contribution in [3.8, 4) is 0 Å². The summed E-state index contributed by atoms with van der Waals surface area (Å²) in [6, 6.07) is -0.194.